The fourth-order valence-electron chi connectivity index (χ4n) is 2.94. The van der Waals surface area contributed by atoms with Crippen LogP contribution in [0, 0.1) is 13.8 Å². The molecule has 1 amide bonds. The van der Waals surface area contributed by atoms with Crippen molar-refractivity contribution in [1.82, 2.24) is 0 Å². The molecular formula is C23H29F3N2O5S. The van der Waals surface area contributed by atoms with E-state index in [1.807, 2.05) is 38.1 Å². The normalized spacial score (nSPS) is 11.3. The molecule has 2 aromatic rings. The number of alkyl halides is 3. The monoisotopic (exact) mass is 502 g/mol. The van der Waals surface area contributed by atoms with Gasteiger partial charge in [-0.15, -0.1) is 0 Å². The van der Waals surface area contributed by atoms with Gasteiger partial charge >= 0.3 is 12.1 Å². The van der Waals surface area contributed by atoms with Crippen LogP contribution in [0.3, 0.4) is 0 Å². The smallest absolute Gasteiger partial charge is 0.475 e. The number of rotatable bonds is 8. The highest BCUT2D eigenvalue weighted by molar-refractivity contribution is 7.91. The van der Waals surface area contributed by atoms with E-state index in [1.54, 1.807) is 18.2 Å². The number of sulfone groups is 1. The van der Waals surface area contributed by atoms with Gasteiger partial charge in [0.1, 0.15) is 0 Å². The summed E-state index contributed by atoms with van der Waals surface area (Å²) in [6.07, 6.45) is -5.16. The largest absolute Gasteiger partial charge is 0.490 e. The van der Waals surface area contributed by atoms with E-state index in [0.29, 0.717) is 5.69 Å². The van der Waals surface area contributed by atoms with Crippen LogP contribution >= 0.6 is 0 Å². The second-order valence-electron chi connectivity index (χ2n) is 7.41. The molecular weight excluding hydrogens is 473 g/mol. The van der Waals surface area contributed by atoms with Gasteiger partial charge in [-0.2, -0.15) is 13.2 Å². The average Bonchev–Trinajstić information content (AvgIpc) is 2.75. The van der Waals surface area contributed by atoms with Crippen LogP contribution in [-0.2, 0) is 19.4 Å². The van der Waals surface area contributed by atoms with E-state index >= 15 is 0 Å². The summed E-state index contributed by atoms with van der Waals surface area (Å²) in [5.74, 6) is -3.27. The lowest BCUT2D eigenvalue weighted by Gasteiger charge is -2.22. The zero-order valence-electron chi connectivity index (χ0n) is 19.4. The van der Waals surface area contributed by atoms with Crippen LogP contribution in [0.15, 0.2) is 47.4 Å². The summed E-state index contributed by atoms with van der Waals surface area (Å²) in [7, 11) is -3.47. The predicted octanol–water partition coefficient (Wildman–Crippen LogP) is 4.59. The fourth-order valence-corrected chi connectivity index (χ4v) is 4.28. The summed E-state index contributed by atoms with van der Waals surface area (Å²) in [6, 6.07) is 12.6. The number of aryl methyl sites for hydroxylation is 2. The van der Waals surface area contributed by atoms with E-state index < -0.39 is 22.0 Å². The molecule has 0 saturated carbocycles. The minimum absolute atomic E-state index is 0.0759. The Hall–Kier alpha value is -3.08. The Morgan fingerprint density at radius 1 is 1.03 bits per heavy atom. The first-order valence-electron chi connectivity index (χ1n) is 10.5. The summed E-state index contributed by atoms with van der Waals surface area (Å²) >= 11 is 0. The van der Waals surface area contributed by atoms with Crippen molar-refractivity contribution in [3.63, 3.8) is 0 Å². The molecule has 0 aliphatic rings. The molecule has 2 aromatic carbocycles. The molecule has 34 heavy (non-hydrogen) atoms. The Morgan fingerprint density at radius 3 is 2.09 bits per heavy atom. The standard InChI is InChI=1S/C21H28N2O3S.C2HF3O2/c1-5-23(6-2)18-10-11-20(17(4)15-18)22-21(24)12-13-27(25,26)19-9-7-8-16(3)14-19;3-2(4,5)1(6)7/h7-11,14-15H,5-6,12-13H2,1-4H3,(H,22,24);(H,6,7). The SMILES string of the molecule is CCN(CC)c1ccc(NC(=O)CCS(=O)(=O)c2cccc(C)c2)c(C)c1.O=C(O)C(F)(F)F. The zero-order chi connectivity index (χ0) is 26.1. The molecule has 188 valence electrons. The van der Waals surface area contributed by atoms with E-state index in [0.717, 1.165) is 29.9 Å². The van der Waals surface area contributed by atoms with Gasteiger partial charge < -0.3 is 15.3 Å². The van der Waals surface area contributed by atoms with E-state index in [1.165, 1.54) is 0 Å². The van der Waals surface area contributed by atoms with Crippen molar-refractivity contribution in [2.75, 3.05) is 29.1 Å². The molecule has 0 saturated heterocycles. The number of carboxylic acid groups (broad SMARTS) is 1. The second kappa shape index (κ2) is 12.4. The van der Waals surface area contributed by atoms with Gasteiger partial charge in [0.15, 0.2) is 9.84 Å². The predicted molar refractivity (Wildman–Crippen MR) is 125 cm³/mol. The van der Waals surface area contributed by atoms with E-state index in [4.69, 9.17) is 9.90 Å². The van der Waals surface area contributed by atoms with Gasteiger partial charge in [0.2, 0.25) is 5.91 Å². The first-order chi connectivity index (χ1) is 15.7. The Labute approximate surface area is 197 Å². The zero-order valence-corrected chi connectivity index (χ0v) is 20.3. The molecule has 0 heterocycles. The number of hydrogen-bond donors (Lipinski definition) is 2. The quantitative estimate of drug-likeness (QED) is 0.548. The van der Waals surface area contributed by atoms with Crippen LogP contribution in [0.5, 0.6) is 0 Å². The van der Waals surface area contributed by atoms with Gasteiger partial charge in [0.05, 0.1) is 10.6 Å². The Kier molecular flexibility index (Phi) is 10.6. The molecule has 0 aromatic heterocycles. The molecule has 0 aliphatic heterocycles. The number of carbonyl (C=O) groups excluding carboxylic acids is 1. The fraction of sp³-hybridized carbons (Fsp3) is 0.391. The number of benzene rings is 2. The summed E-state index contributed by atoms with van der Waals surface area (Å²) in [5.41, 5.74) is 3.65. The molecule has 0 aliphatic carbocycles. The van der Waals surface area contributed by atoms with E-state index in [9.17, 15) is 26.4 Å². The van der Waals surface area contributed by atoms with E-state index in [-0.39, 0.29) is 23.0 Å². The lowest BCUT2D eigenvalue weighted by Crippen LogP contribution is -2.22. The number of nitrogens with one attached hydrogen (secondary N) is 1. The summed E-state index contributed by atoms with van der Waals surface area (Å²) in [6.45, 7) is 9.81. The molecule has 0 radical (unpaired) electrons. The molecule has 0 spiro atoms. The summed E-state index contributed by atoms with van der Waals surface area (Å²) in [5, 5.41) is 9.95. The maximum atomic E-state index is 12.4. The average molecular weight is 503 g/mol. The lowest BCUT2D eigenvalue weighted by atomic mass is 10.1. The minimum atomic E-state index is -5.08. The molecule has 7 nitrogen and oxygen atoms in total. The Morgan fingerprint density at radius 2 is 1.62 bits per heavy atom. The van der Waals surface area contributed by atoms with Crippen molar-refractivity contribution >= 4 is 33.1 Å². The van der Waals surface area contributed by atoms with Crippen LogP contribution in [0.25, 0.3) is 0 Å². The van der Waals surface area contributed by atoms with E-state index in [2.05, 4.69) is 24.1 Å². The molecule has 0 atom stereocenters. The van der Waals surface area contributed by atoms with Crippen molar-refractivity contribution in [2.45, 2.75) is 45.2 Å². The number of hydrogen-bond acceptors (Lipinski definition) is 5. The number of anilines is 2. The molecule has 0 fully saturated rings. The topological polar surface area (TPSA) is 104 Å². The van der Waals surface area contributed by atoms with Gasteiger partial charge in [0, 0.05) is 30.9 Å². The summed E-state index contributed by atoms with van der Waals surface area (Å²) in [4.78, 5) is 23.6. The maximum absolute atomic E-state index is 12.4. The first-order valence-corrected chi connectivity index (χ1v) is 12.1. The number of nitrogens with zero attached hydrogens (tertiary/aromatic N) is 1. The first kappa shape index (κ1) is 29.0. The molecule has 2 rings (SSSR count). The Balaban J connectivity index is 0.000000718. The van der Waals surface area contributed by atoms with Crippen molar-refractivity contribution in [3.05, 3.63) is 53.6 Å². The number of amides is 1. The van der Waals surface area contributed by atoms with Gasteiger partial charge in [-0.05, 0) is 69.2 Å². The van der Waals surface area contributed by atoms with Crippen LogP contribution in [0.1, 0.15) is 31.4 Å². The third-order valence-corrected chi connectivity index (χ3v) is 6.52. The number of halogens is 3. The van der Waals surface area contributed by atoms with Gasteiger partial charge in [-0.1, -0.05) is 12.1 Å². The third kappa shape index (κ3) is 9.05. The van der Waals surface area contributed by atoms with Crippen LogP contribution in [0.4, 0.5) is 24.5 Å². The van der Waals surface area contributed by atoms with Crippen molar-refractivity contribution in [1.29, 1.82) is 0 Å². The number of aliphatic carboxylic acids is 1. The van der Waals surface area contributed by atoms with Crippen molar-refractivity contribution < 1.29 is 36.3 Å². The van der Waals surface area contributed by atoms with Crippen LogP contribution in [-0.4, -0.2) is 50.4 Å². The maximum Gasteiger partial charge on any atom is 0.490 e. The number of carbonyl (C=O) groups is 2. The minimum Gasteiger partial charge on any atom is -0.475 e. The van der Waals surface area contributed by atoms with Crippen LogP contribution < -0.4 is 10.2 Å². The summed E-state index contributed by atoms with van der Waals surface area (Å²) < 4.78 is 56.6. The second-order valence-corrected chi connectivity index (χ2v) is 9.52. The number of carboxylic acids is 1. The molecule has 2 N–H and O–H groups in total. The van der Waals surface area contributed by atoms with Crippen LogP contribution in [0.2, 0.25) is 0 Å². The highest BCUT2D eigenvalue weighted by atomic mass is 32.2. The molecule has 0 unspecified atom stereocenters. The Bertz CT molecular complexity index is 1100. The lowest BCUT2D eigenvalue weighted by molar-refractivity contribution is -0.192. The highest BCUT2D eigenvalue weighted by Crippen LogP contribution is 2.23. The third-order valence-electron chi connectivity index (χ3n) is 4.80. The van der Waals surface area contributed by atoms with Gasteiger partial charge in [-0.25, -0.2) is 13.2 Å². The van der Waals surface area contributed by atoms with Gasteiger partial charge in [0.25, 0.3) is 0 Å². The van der Waals surface area contributed by atoms with Crippen molar-refractivity contribution in [2.24, 2.45) is 0 Å². The molecule has 0 bridgehead atoms. The highest BCUT2D eigenvalue weighted by Gasteiger charge is 2.38. The molecule has 11 heteroatoms. The van der Waals surface area contributed by atoms with Gasteiger partial charge in [-0.3, -0.25) is 4.79 Å². The van der Waals surface area contributed by atoms with Crippen molar-refractivity contribution in [3.8, 4) is 0 Å².